The highest BCUT2D eigenvalue weighted by Gasteiger charge is 2.67. The smallest absolute Gasteiger partial charge is 0.433 e. The molecule has 2 N–H and O–H groups in total. The average Bonchev–Trinajstić information content (AvgIpc) is 3.43. The number of benzene rings is 1. The van der Waals surface area contributed by atoms with Crippen molar-refractivity contribution in [1.82, 2.24) is 25.0 Å². The van der Waals surface area contributed by atoms with Crippen LogP contribution in [0.2, 0.25) is 0 Å². The first-order valence-corrected chi connectivity index (χ1v) is 15.8. The van der Waals surface area contributed by atoms with Crippen molar-refractivity contribution in [3.05, 3.63) is 46.8 Å². The SMILES string of the molecule is COc1cc2c3c(c1)c(C(C)=O)nn3CC(=O)N1[C@H](C(=O)Nc3nc(C(F)(F)F)ccc3C)C[C@@]3(CNC(=O)CCCCCC2)C[C@@H]13. The van der Waals surface area contributed by atoms with Crippen molar-refractivity contribution in [1.29, 1.82) is 0 Å². The number of amides is 3. The van der Waals surface area contributed by atoms with E-state index in [-0.39, 0.29) is 48.8 Å². The molecule has 3 atom stereocenters. The number of methoxy groups -OCH3 is 1. The summed E-state index contributed by atoms with van der Waals surface area (Å²) in [7, 11) is 1.54. The zero-order chi connectivity index (χ0) is 33.7. The van der Waals surface area contributed by atoms with Crippen LogP contribution in [0.5, 0.6) is 5.75 Å². The second-order valence-corrected chi connectivity index (χ2v) is 12.9. The Labute approximate surface area is 269 Å². The van der Waals surface area contributed by atoms with Crippen LogP contribution in [0.3, 0.4) is 0 Å². The fraction of sp³-hybridized carbons (Fsp3) is 0.515. The molecular formula is C33H37F3N6O5. The molecule has 2 aromatic heterocycles. The zero-order valence-electron chi connectivity index (χ0n) is 26.5. The van der Waals surface area contributed by atoms with Crippen molar-refractivity contribution in [2.75, 3.05) is 19.0 Å². The Bertz CT molecular complexity index is 1770. The van der Waals surface area contributed by atoms with Gasteiger partial charge in [-0.1, -0.05) is 18.9 Å². The molecule has 47 heavy (non-hydrogen) atoms. The van der Waals surface area contributed by atoms with E-state index >= 15 is 0 Å². The Morgan fingerprint density at radius 3 is 2.53 bits per heavy atom. The molecule has 3 aromatic rings. The quantitative estimate of drug-likeness (QED) is 0.393. The minimum absolute atomic E-state index is 0.102. The Morgan fingerprint density at radius 1 is 1.09 bits per heavy atom. The first kappa shape index (κ1) is 32.5. The van der Waals surface area contributed by atoms with E-state index < -0.39 is 35.1 Å². The van der Waals surface area contributed by atoms with Gasteiger partial charge in [-0.2, -0.15) is 18.3 Å². The second kappa shape index (κ2) is 12.3. The number of hydrogen-bond donors (Lipinski definition) is 2. The van der Waals surface area contributed by atoms with Crippen LogP contribution < -0.4 is 15.4 Å². The molecule has 0 spiro atoms. The molecule has 14 heteroatoms. The number of Topliss-reactive ketones (excluding diaryl/α,β-unsaturated/α-hetero) is 1. The lowest BCUT2D eigenvalue weighted by molar-refractivity contribution is -0.141. The molecule has 4 heterocycles. The summed E-state index contributed by atoms with van der Waals surface area (Å²) >= 11 is 0. The monoisotopic (exact) mass is 654 g/mol. The van der Waals surface area contributed by atoms with Crippen LogP contribution in [-0.2, 0) is 33.5 Å². The lowest BCUT2D eigenvalue weighted by Crippen LogP contribution is -2.47. The van der Waals surface area contributed by atoms with Gasteiger partial charge in [-0.05, 0) is 68.4 Å². The van der Waals surface area contributed by atoms with Gasteiger partial charge in [0.1, 0.15) is 35.5 Å². The van der Waals surface area contributed by atoms with E-state index in [2.05, 4.69) is 20.7 Å². The summed E-state index contributed by atoms with van der Waals surface area (Å²) < 4.78 is 47.3. The van der Waals surface area contributed by atoms with E-state index in [1.165, 1.54) is 36.6 Å². The lowest BCUT2D eigenvalue weighted by atomic mass is 9.98. The van der Waals surface area contributed by atoms with Crippen molar-refractivity contribution in [2.24, 2.45) is 5.41 Å². The first-order chi connectivity index (χ1) is 22.3. The van der Waals surface area contributed by atoms with Crippen molar-refractivity contribution >= 4 is 40.2 Å². The van der Waals surface area contributed by atoms with E-state index in [1.54, 1.807) is 6.07 Å². The van der Waals surface area contributed by atoms with Gasteiger partial charge in [0.2, 0.25) is 17.7 Å². The third-order valence-electron chi connectivity index (χ3n) is 9.63. The highest BCUT2D eigenvalue weighted by molar-refractivity contribution is 6.06. The number of nitrogens with zero attached hydrogens (tertiary/aromatic N) is 4. The van der Waals surface area contributed by atoms with Gasteiger partial charge in [0.25, 0.3) is 0 Å². The molecule has 2 aliphatic heterocycles. The number of hydrogen-bond acceptors (Lipinski definition) is 7. The second-order valence-electron chi connectivity index (χ2n) is 12.9. The van der Waals surface area contributed by atoms with E-state index in [1.807, 2.05) is 6.07 Å². The highest BCUT2D eigenvalue weighted by Crippen LogP contribution is 2.59. The molecule has 2 bridgehead atoms. The Morgan fingerprint density at radius 2 is 1.83 bits per heavy atom. The maximum atomic E-state index is 14.2. The summed E-state index contributed by atoms with van der Waals surface area (Å²) in [6.07, 6.45) is 0.300. The Hall–Kier alpha value is -4.49. The third kappa shape index (κ3) is 6.29. The van der Waals surface area contributed by atoms with Gasteiger partial charge in [0.05, 0.1) is 12.6 Å². The number of ether oxygens (including phenoxy) is 1. The van der Waals surface area contributed by atoms with E-state index in [0.29, 0.717) is 47.9 Å². The molecule has 1 aliphatic carbocycles. The van der Waals surface area contributed by atoms with Gasteiger partial charge in [0.15, 0.2) is 5.78 Å². The number of anilines is 1. The number of aryl methyl sites for hydroxylation is 2. The predicted octanol–water partition coefficient (Wildman–Crippen LogP) is 4.59. The van der Waals surface area contributed by atoms with Gasteiger partial charge in [-0.15, -0.1) is 0 Å². The molecule has 2 fully saturated rings. The largest absolute Gasteiger partial charge is 0.497 e. The molecule has 3 amide bonds. The number of nitrogens with one attached hydrogen (secondary N) is 2. The summed E-state index contributed by atoms with van der Waals surface area (Å²) in [6, 6.07) is 4.28. The topological polar surface area (TPSA) is 136 Å². The summed E-state index contributed by atoms with van der Waals surface area (Å²) in [5.74, 6) is -1.16. The summed E-state index contributed by atoms with van der Waals surface area (Å²) in [6.45, 7) is 2.94. The maximum absolute atomic E-state index is 14.2. The molecule has 1 saturated heterocycles. The molecular weight excluding hydrogens is 617 g/mol. The third-order valence-corrected chi connectivity index (χ3v) is 9.63. The maximum Gasteiger partial charge on any atom is 0.433 e. The zero-order valence-corrected chi connectivity index (χ0v) is 26.5. The van der Waals surface area contributed by atoms with Crippen molar-refractivity contribution in [3.8, 4) is 5.75 Å². The number of piperidine rings is 1. The van der Waals surface area contributed by atoms with E-state index in [9.17, 15) is 32.3 Å². The van der Waals surface area contributed by atoms with Gasteiger partial charge in [-0.3, -0.25) is 23.9 Å². The predicted molar refractivity (Wildman–Crippen MR) is 165 cm³/mol. The number of halogens is 3. The molecule has 3 aliphatic rings. The number of alkyl halides is 3. The molecule has 11 nitrogen and oxygen atoms in total. The lowest BCUT2D eigenvalue weighted by Gasteiger charge is -2.27. The minimum atomic E-state index is -4.71. The molecule has 0 radical (unpaired) electrons. The molecule has 6 rings (SSSR count). The fourth-order valence-electron chi connectivity index (χ4n) is 7.07. The van der Waals surface area contributed by atoms with E-state index in [4.69, 9.17) is 4.74 Å². The molecule has 250 valence electrons. The number of aromatic nitrogens is 3. The Kier molecular flexibility index (Phi) is 8.47. The number of pyridine rings is 1. The fourth-order valence-corrected chi connectivity index (χ4v) is 7.07. The van der Waals surface area contributed by atoms with Crippen LogP contribution >= 0.6 is 0 Å². The summed E-state index contributed by atoms with van der Waals surface area (Å²) in [5.41, 5.74) is 0.332. The van der Waals surface area contributed by atoms with Crippen molar-refractivity contribution in [2.45, 2.75) is 90.0 Å². The van der Waals surface area contributed by atoms with Crippen LogP contribution in [-0.4, -0.2) is 68.9 Å². The van der Waals surface area contributed by atoms with Gasteiger partial charge >= 0.3 is 6.18 Å². The number of carbonyl (C=O) groups excluding carboxylic acids is 4. The van der Waals surface area contributed by atoms with Crippen molar-refractivity contribution in [3.63, 3.8) is 0 Å². The van der Waals surface area contributed by atoms with Crippen LogP contribution in [0.1, 0.15) is 79.2 Å². The number of ketones is 1. The summed E-state index contributed by atoms with van der Waals surface area (Å²) in [4.78, 5) is 58.5. The standard InChI is InChI=1S/C33H37F3N6O5/c1-18-10-11-24(33(34,35)36)38-30(18)39-31(46)23-14-32-15-25(32)42(23)27(45)16-41-29-20(8-6-4-5-7-9-26(44)37-17-32)12-21(47-3)13-22(29)28(40-41)19(2)43/h10-13,23,25H,4-9,14-17H2,1-3H3,(H,37,44)(H,38,39,46)/t23-,25+,32-/m0/s1. The summed E-state index contributed by atoms with van der Waals surface area (Å²) in [5, 5.41) is 10.7. The van der Waals surface area contributed by atoms with Gasteiger partial charge in [0, 0.05) is 36.7 Å². The average molecular weight is 655 g/mol. The van der Waals surface area contributed by atoms with Crippen LogP contribution in [0.25, 0.3) is 10.9 Å². The normalized spacial score (nSPS) is 23.6. The molecule has 1 saturated carbocycles. The minimum Gasteiger partial charge on any atom is -0.497 e. The molecule has 1 aromatic carbocycles. The van der Waals surface area contributed by atoms with Crippen molar-refractivity contribution < 1.29 is 37.1 Å². The first-order valence-electron chi connectivity index (χ1n) is 15.8. The number of carbonyl (C=O) groups is 4. The Balaban J connectivity index is 1.38. The van der Waals surface area contributed by atoms with Gasteiger partial charge < -0.3 is 20.3 Å². The highest BCUT2D eigenvalue weighted by atomic mass is 19.4. The van der Waals surface area contributed by atoms with E-state index in [0.717, 1.165) is 30.9 Å². The van der Waals surface area contributed by atoms with Crippen LogP contribution in [0, 0.1) is 12.3 Å². The molecule has 0 unspecified atom stereocenters. The van der Waals surface area contributed by atoms with Gasteiger partial charge in [-0.25, -0.2) is 4.98 Å². The van der Waals surface area contributed by atoms with Crippen LogP contribution in [0.4, 0.5) is 19.0 Å². The number of rotatable bonds is 4. The van der Waals surface area contributed by atoms with Crippen LogP contribution in [0.15, 0.2) is 24.3 Å².